The smallest absolute Gasteiger partial charge is 0.243 e. The van der Waals surface area contributed by atoms with Crippen molar-refractivity contribution in [3.05, 3.63) is 11.7 Å². The highest BCUT2D eigenvalue weighted by atomic mass is 16.5. The number of aliphatic hydroxyl groups excluding tert-OH is 1. The Morgan fingerprint density at radius 1 is 1.32 bits per heavy atom. The van der Waals surface area contributed by atoms with E-state index in [0.29, 0.717) is 30.2 Å². The second kappa shape index (κ2) is 4.87. The minimum atomic E-state index is -0.296. The van der Waals surface area contributed by atoms with E-state index in [1.165, 1.54) is 12.8 Å². The number of aliphatic hydroxyl groups is 1. The Bertz CT molecular complexity index is 434. The van der Waals surface area contributed by atoms with Crippen molar-refractivity contribution in [1.29, 1.82) is 0 Å². The zero-order valence-electron chi connectivity index (χ0n) is 11.7. The maximum Gasteiger partial charge on any atom is 0.243 e. The second-order valence-corrected chi connectivity index (χ2v) is 6.78. The lowest BCUT2D eigenvalue weighted by Gasteiger charge is -2.32. The average molecular weight is 265 g/mol. The van der Waals surface area contributed by atoms with Gasteiger partial charge >= 0.3 is 0 Å². The Morgan fingerprint density at radius 2 is 2.05 bits per heavy atom. The standard InChI is InChI=1S/C14H23N3O2/c1-14(2)5-3-9(4-6-14)12-16-13(19-17-12)11-7-10(18)8-15-11/h9-11,15,18H,3-8H2,1-2H3/t10?,11-/m0/s1. The minimum absolute atomic E-state index is 0.0243. The molecule has 0 aromatic carbocycles. The van der Waals surface area contributed by atoms with Crippen molar-refractivity contribution in [2.24, 2.45) is 5.41 Å². The van der Waals surface area contributed by atoms with Crippen LogP contribution >= 0.6 is 0 Å². The van der Waals surface area contributed by atoms with E-state index in [0.717, 1.165) is 18.7 Å². The van der Waals surface area contributed by atoms with Crippen molar-refractivity contribution in [2.75, 3.05) is 6.54 Å². The summed E-state index contributed by atoms with van der Waals surface area (Å²) in [7, 11) is 0. The molecule has 1 aromatic rings. The van der Waals surface area contributed by atoms with Crippen LogP contribution in [0.4, 0.5) is 0 Å². The third-order valence-electron chi connectivity index (χ3n) is 4.57. The Hall–Kier alpha value is -0.940. The second-order valence-electron chi connectivity index (χ2n) is 6.78. The van der Waals surface area contributed by atoms with E-state index >= 15 is 0 Å². The molecule has 19 heavy (non-hydrogen) atoms. The van der Waals surface area contributed by atoms with Crippen LogP contribution in [0.25, 0.3) is 0 Å². The molecule has 2 N–H and O–H groups in total. The lowest BCUT2D eigenvalue weighted by atomic mass is 9.73. The first kappa shape index (κ1) is 13.1. The normalized spacial score (nSPS) is 31.7. The van der Waals surface area contributed by atoms with Gasteiger partial charge in [0, 0.05) is 12.5 Å². The van der Waals surface area contributed by atoms with Gasteiger partial charge in [-0.05, 0) is 37.5 Å². The van der Waals surface area contributed by atoms with Gasteiger partial charge in [-0.1, -0.05) is 19.0 Å². The molecular weight excluding hydrogens is 242 g/mol. The van der Waals surface area contributed by atoms with Crippen molar-refractivity contribution in [3.63, 3.8) is 0 Å². The van der Waals surface area contributed by atoms with Crippen LogP contribution in [0.5, 0.6) is 0 Å². The molecule has 2 fully saturated rings. The van der Waals surface area contributed by atoms with Gasteiger partial charge in [-0.3, -0.25) is 0 Å². The molecule has 0 amide bonds. The van der Waals surface area contributed by atoms with E-state index < -0.39 is 0 Å². The molecule has 0 radical (unpaired) electrons. The molecule has 1 aliphatic heterocycles. The van der Waals surface area contributed by atoms with Crippen LogP contribution in [0, 0.1) is 5.41 Å². The Labute approximate surface area is 113 Å². The van der Waals surface area contributed by atoms with E-state index in [4.69, 9.17) is 4.52 Å². The summed E-state index contributed by atoms with van der Waals surface area (Å²) in [5.74, 6) is 1.93. The molecule has 1 unspecified atom stereocenters. The molecule has 1 aliphatic carbocycles. The van der Waals surface area contributed by atoms with Gasteiger partial charge < -0.3 is 14.9 Å². The molecule has 3 rings (SSSR count). The number of β-amino-alcohol motifs (C(OH)–C–C–N with tert-alkyl or cyclic N) is 1. The highest BCUT2D eigenvalue weighted by molar-refractivity contribution is 5.03. The van der Waals surface area contributed by atoms with Gasteiger partial charge in [0.1, 0.15) is 0 Å². The summed E-state index contributed by atoms with van der Waals surface area (Å²) in [5, 5.41) is 16.9. The molecule has 0 spiro atoms. The summed E-state index contributed by atoms with van der Waals surface area (Å²) in [6, 6.07) is 0.0243. The fraction of sp³-hybridized carbons (Fsp3) is 0.857. The summed E-state index contributed by atoms with van der Waals surface area (Å²) < 4.78 is 5.37. The van der Waals surface area contributed by atoms with E-state index in [1.54, 1.807) is 0 Å². The number of aromatic nitrogens is 2. The van der Waals surface area contributed by atoms with Gasteiger partial charge in [-0.25, -0.2) is 0 Å². The summed E-state index contributed by atoms with van der Waals surface area (Å²) in [5.41, 5.74) is 0.459. The van der Waals surface area contributed by atoms with E-state index in [-0.39, 0.29) is 12.1 Å². The Balaban J connectivity index is 1.65. The molecular formula is C14H23N3O2. The zero-order valence-corrected chi connectivity index (χ0v) is 11.7. The van der Waals surface area contributed by atoms with Gasteiger partial charge in [0.2, 0.25) is 5.89 Å². The quantitative estimate of drug-likeness (QED) is 0.857. The molecule has 2 atom stereocenters. The maximum absolute atomic E-state index is 9.52. The Morgan fingerprint density at radius 3 is 2.68 bits per heavy atom. The molecule has 0 bridgehead atoms. The summed E-state index contributed by atoms with van der Waals surface area (Å²) >= 11 is 0. The van der Waals surface area contributed by atoms with Crippen LogP contribution in [0.2, 0.25) is 0 Å². The van der Waals surface area contributed by atoms with Gasteiger partial charge in [0.05, 0.1) is 12.1 Å². The van der Waals surface area contributed by atoms with Crippen molar-refractivity contribution in [2.45, 2.75) is 64.0 Å². The molecule has 2 aliphatic rings. The first-order chi connectivity index (χ1) is 9.03. The van der Waals surface area contributed by atoms with E-state index in [2.05, 4.69) is 29.3 Å². The van der Waals surface area contributed by atoms with Gasteiger partial charge in [0.15, 0.2) is 5.82 Å². The van der Waals surface area contributed by atoms with E-state index in [1.807, 2.05) is 0 Å². The van der Waals surface area contributed by atoms with Crippen molar-refractivity contribution < 1.29 is 9.63 Å². The first-order valence-electron chi connectivity index (χ1n) is 7.28. The van der Waals surface area contributed by atoms with Crippen LogP contribution in [0.1, 0.15) is 69.6 Å². The summed E-state index contributed by atoms with van der Waals surface area (Å²) in [6.07, 6.45) is 5.11. The largest absolute Gasteiger partial charge is 0.392 e. The van der Waals surface area contributed by atoms with Crippen LogP contribution in [0.3, 0.4) is 0 Å². The van der Waals surface area contributed by atoms with Crippen LogP contribution in [-0.4, -0.2) is 27.9 Å². The van der Waals surface area contributed by atoms with Crippen molar-refractivity contribution >= 4 is 0 Å². The maximum atomic E-state index is 9.52. The lowest BCUT2D eigenvalue weighted by Crippen LogP contribution is -2.21. The fourth-order valence-electron chi connectivity index (χ4n) is 3.12. The third kappa shape index (κ3) is 2.82. The number of nitrogens with one attached hydrogen (secondary N) is 1. The summed E-state index contributed by atoms with van der Waals surface area (Å²) in [4.78, 5) is 4.55. The average Bonchev–Trinajstić information content (AvgIpc) is 2.97. The number of nitrogens with zero attached hydrogens (tertiary/aromatic N) is 2. The molecule has 1 saturated carbocycles. The number of hydrogen-bond donors (Lipinski definition) is 2. The first-order valence-corrected chi connectivity index (χ1v) is 7.28. The molecule has 2 heterocycles. The predicted octanol–water partition coefficient (Wildman–Crippen LogP) is 2.15. The van der Waals surface area contributed by atoms with Gasteiger partial charge in [-0.2, -0.15) is 4.98 Å². The van der Waals surface area contributed by atoms with Crippen molar-refractivity contribution in [3.8, 4) is 0 Å². The monoisotopic (exact) mass is 265 g/mol. The van der Waals surface area contributed by atoms with Crippen molar-refractivity contribution in [1.82, 2.24) is 15.5 Å². The lowest BCUT2D eigenvalue weighted by molar-refractivity contribution is 0.191. The van der Waals surface area contributed by atoms with Gasteiger partial charge in [0.25, 0.3) is 0 Å². The highest BCUT2D eigenvalue weighted by Crippen LogP contribution is 2.41. The number of rotatable bonds is 2. The predicted molar refractivity (Wildman–Crippen MR) is 70.7 cm³/mol. The molecule has 106 valence electrons. The number of hydrogen-bond acceptors (Lipinski definition) is 5. The van der Waals surface area contributed by atoms with Crippen LogP contribution in [-0.2, 0) is 0 Å². The fourth-order valence-corrected chi connectivity index (χ4v) is 3.12. The van der Waals surface area contributed by atoms with E-state index in [9.17, 15) is 5.11 Å². The SMILES string of the molecule is CC1(C)CCC(c2noc([C@@H]3CC(O)CN3)n2)CC1. The topological polar surface area (TPSA) is 71.2 Å². The molecule has 5 nitrogen and oxygen atoms in total. The summed E-state index contributed by atoms with van der Waals surface area (Å²) in [6.45, 7) is 5.27. The van der Waals surface area contributed by atoms with Crippen LogP contribution in [0.15, 0.2) is 4.52 Å². The third-order valence-corrected chi connectivity index (χ3v) is 4.57. The van der Waals surface area contributed by atoms with Crippen LogP contribution < -0.4 is 5.32 Å². The zero-order chi connectivity index (χ0) is 13.5. The van der Waals surface area contributed by atoms with Gasteiger partial charge in [-0.15, -0.1) is 0 Å². The molecule has 1 aromatic heterocycles. The highest BCUT2D eigenvalue weighted by Gasteiger charge is 2.32. The molecule has 1 saturated heterocycles. The minimum Gasteiger partial charge on any atom is -0.392 e. The Kier molecular flexibility index (Phi) is 3.35. The molecule has 5 heteroatoms.